The zero-order valence-electron chi connectivity index (χ0n) is 12.4. The summed E-state index contributed by atoms with van der Waals surface area (Å²) in [5, 5.41) is 8.11. The lowest BCUT2D eigenvalue weighted by atomic mass is 10.1. The summed E-state index contributed by atoms with van der Waals surface area (Å²) < 4.78 is 1.65. The highest BCUT2D eigenvalue weighted by Gasteiger charge is 2.08. The van der Waals surface area contributed by atoms with E-state index in [0.717, 1.165) is 16.6 Å². The van der Waals surface area contributed by atoms with Gasteiger partial charge < -0.3 is 5.32 Å². The molecular weight excluding hydrogens is 290 g/mol. The van der Waals surface area contributed by atoms with Crippen molar-refractivity contribution in [3.63, 3.8) is 0 Å². The molecule has 23 heavy (non-hydrogen) atoms. The third kappa shape index (κ3) is 2.50. The van der Waals surface area contributed by atoms with Gasteiger partial charge in [0.1, 0.15) is 5.82 Å². The third-order valence-corrected chi connectivity index (χ3v) is 3.56. The van der Waals surface area contributed by atoms with E-state index >= 15 is 0 Å². The molecule has 0 fully saturated rings. The van der Waals surface area contributed by atoms with Crippen LogP contribution in [0.4, 0.5) is 5.69 Å². The number of hydrogen-bond donors (Lipinski definition) is 1. The lowest BCUT2D eigenvalue weighted by Gasteiger charge is -2.06. The van der Waals surface area contributed by atoms with Crippen molar-refractivity contribution in [2.45, 2.75) is 6.92 Å². The quantitative estimate of drug-likeness (QED) is 0.618. The number of pyridine rings is 2. The second-order valence-electron chi connectivity index (χ2n) is 5.24. The Hall–Kier alpha value is -3.28. The average Bonchev–Trinajstić information content (AvgIpc) is 2.93. The number of carbonyl (C=O) groups is 1. The maximum atomic E-state index is 12.4. The highest BCUT2D eigenvalue weighted by Crippen LogP contribution is 2.15. The lowest BCUT2D eigenvalue weighted by Crippen LogP contribution is -2.12. The molecule has 4 rings (SSSR count). The van der Waals surface area contributed by atoms with Gasteiger partial charge in [0.25, 0.3) is 5.91 Å². The number of hydrogen-bond acceptors (Lipinski definition) is 4. The van der Waals surface area contributed by atoms with Crippen molar-refractivity contribution in [3.05, 3.63) is 66.2 Å². The molecule has 6 nitrogen and oxygen atoms in total. The van der Waals surface area contributed by atoms with Crippen molar-refractivity contribution in [1.82, 2.24) is 19.6 Å². The first-order chi connectivity index (χ1) is 11.2. The van der Waals surface area contributed by atoms with Crippen molar-refractivity contribution >= 4 is 28.1 Å². The zero-order chi connectivity index (χ0) is 15.8. The number of fused-ring (bicyclic) bond motifs is 2. The number of carbonyl (C=O) groups excluding carboxylic acids is 1. The predicted molar refractivity (Wildman–Crippen MR) is 87.4 cm³/mol. The molecule has 0 aliphatic heterocycles. The summed E-state index contributed by atoms with van der Waals surface area (Å²) in [6.45, 7) is 1.83. The minimum Gasteiger partial charge on any atom is -0.321 e. The van der Waals surface area contributed by atoms with E-state index < -0.39 is 0 Å². The summed E-state index contributed by atoms with van der Waals surface area (Å²) in [7, 11) is 0. The van der Waals surface area contributed by atoms with Gasteiger partial charge in [-0.2, -0.15) is 5.10 Å². The Bertz CT molecular complexity index is 1040. The van der Waals surface area contributed by atoms with E-state index in [1.807, 2.05) is 31.2 Å². The lowest BCUT2D eigenvalue weighted by molar-refractivity contribution is 0.102. The van der Waals surface area contributed by atoms with Gasteiger partial charge in [0.2, 0.25) is 0 Å². The second-order valence-corrected chi connectivity index (χ2v) is 5.24. The summed E-state index contributed by atoms with van der Waals surface area (Å²) in [6, 6.07) is 12.9. The van der Waals surface area contributed by atoms with Crippen LogP contribution in [-0.4, -0.2) is 25.5 Å². The van der Waals surface area contributed by atoms with Crippen LogP contribution in [0.25, 0.3) is 16.6 Å². The molecule has 0 aliphatic carbocycles. The van der Waals surface area contributed by atoms with E-state index in [9.17, 15) is 4.79 Å². The molecule has 0 aliphatic rings. The highest BCUT2D eigenvalue weighted by atomic mass is 16.1. The Morgan fingerprint density at radius 3 is 3.00 bits per heavy atom. The molecule has 0 unspecified atom stereocenters. The van der Waals surface area contributed by atoms with E-state index in [4.69, 9.17) is 0 Å². The summed E-state index contributed by atoms with van der Waals surface area (Å²) >= 11 is 0. The van der Waals surface area contributed by atoms with E-state index in [2.05, 4.69) is 20.4 Å². The standard InChI is InChI=1S/C17H13N5O/c1-11-19-16-7-6-14(10-22(16)21-11)20-17(23)13-5-4-12-3-2-8-18-15(12)9-13/h2-10H,1H3,(H,20,23). The SMILES string of the molecule is Cc1nc2ccc(NC(=O)c3ccc4cccnc4c3)cn2n1. The Kier molecular flexibility index (Phi) is 3.01. The molecule has 1 aromatic carbocycles. The van der Waals surface area contributed by atoms with Crippen LogP contribution in [0.2, 0.25) is 0 Å². The number of nitrogens with zero attached hydrogens (tertiary/aromatic N) is 4. The first-order valence-electron chi connectivity index (χ1n) is 7.18. The van der Waals surface area contributed by atoms with Gasteiger partial charge in [-0.25, -0.2) is 9.50 Å². The fourth-order valence-electron chi connectivity index (χ4n) is 2.48. The number of aromatic nitrogens is 4. The molecule has 1 amide bonds. The van der Waals surface area contributed by atoms with Gasteiger partial charge in [0, 0.05) is 17.1 Å². The van der Waals surface area contributed by atoms with Gasteiger partial charge in [0.05, 0.1) is 17.4 Å². The van der Waals surface area contributed by atoms with E-state index in [-0.39, 0.29) is 5.91 Å². The van der Waals surface area contributed by atoms with Crippen molar-refractivity contribution in [2.24, 2.45) is 0 Å². The van der Waals surface area contributed by atoms with E-state index in [0.29, 0.717) is 17.1 Å². The van der Waals surface area contributed by atoms with Crippen molar-refractivity contribution in [1.29, 1.82) is 0 Å². The number of aryl methyl sites for hydroxylation is 1. The largest absolute Gasteiger partial charge is 0.321 e. The maximum Gasteiger partial charge on any atom is 0.255 e. The molecule has 3 aromatic heterocycles. The first kappa shape index (κ1) is 13.4. The van der Waals surface area contributed by atoms with E-state index in [1.54, 1.807) is 35.1 Å². The number of benzene rings is 1. The van der Waals surface area contributed by atoms with Crippen LogP contribution in [0.1, 0.15) is 16.2 Å². The first-order valence-corrected chi connectivity index (χ1v) is 7.18. The number of nitrogens with one attached hydrogen (secondary N) is 1. The fraction of sp³-hybridized carbons (Fsp3) is 0.0588. The van der Waals surface area contributed by atoms with Crippen molar-refractivity contribution in [3.8, 4) is 0 Å². The van der Waals surface area contributed by atoms with E-state index in [1.165, 1.54) is 0 Å². The van der Waals surface area contributed by atoms with Crippen LogP contribution >= 0.6 is 0 Å². The summed E-state index contributed by atoms with van der Waals surface area (Å²) in [6.07, 6.45) is 3.46. The number of amides is 1. The predicted octanol–water partition coefficient (Wildman–Crippen LogP) is 2.84. The normalized spacial score (nSPS) is 11.0. The minimum absolute atomic E-state index is 0.186. The van der Waals surface area contributed by atoms with Crippen LogP contribution in [0, 0.1) is 6.92 Å². The van der Waals surface area contributed by atoms with Crippen LogP contribution in [0.3, 0.4) is 0 Å². The molecule has 0 saturated carbocycles. The number of rotatable bonds is 2. The van der Waals surface area contributed by atoms with Gasteiger partial charge in [0.15, 0.2) is 5.65 Å². The number of anilines is 1. The molecule has 4 aromatic rings. The molecule has 0 saturated heterocycles. The second kappa shape index (κ2) is 5.17. The van der Waals surface area contributed by atoms with Gasteiger partial charge >= 0.3 is 0 Å². The Morgan fingerprint density at radius 1 is 1.17 bits per heavy atom. The zero-order valence-corrected chi connectivity index (χ0v) is 12.4. The van der Waals surface area contributed by atoms with Crippen molar-refractivity contribution in [2.75, 3.05) is 5.32 Å². The van der Waals surface area contributed by atoms with Crippen LogP contribution in [0.5, 0.6) is 0 Å². The Morgan fingerprint density at radius 2 is 2.09 bits per heavy atom. The molecule has 6 heteroatoms. The summed E-state index contributed by atoms with van der Waals surface area (Å²) in [5.74, 6) is 0.503. The maximum absolute atomic E-state index is 12.4. The van der Waals surface area contributed by atoms with Crippen LogP contribution < -0.4 is 5.32 Å². The molecule has 112 valence electrons. The van der Waals surface area contributed by atoms with Crippen molar-refractivity contribution < 1.29 is 4.79 Å². The smallest absolute Gasteiger partial charge is 0.255 e. The molecule has 0 radical (unpaired) electrons. The summed E-state index contributed by atoms with van der Waals surface area (Å²) in [4.78, 5) is 20.9. The topological polar surface area (TPSA) is 72.2 Å². The molecular formula is C17H13N5O. The third-order valence-electron chi connectivity index (χ3n) is 3.56. The Balaban J connectivity index is 1.64. The van der Waals surface area contributed by atoms with Gasteiger partial charge in [-0.3, -0.25) is 9.78 Å². The molecule has 0 atom stereocenters. The Labute approximate surface area is 131 Å². The highest BCUT2D eigenvalue weighted by molar-refractivity contribution is 6.06. The van der Waals surface area contributed by atoms with Crippen LogP contribution in [-0.2, 0) is 0 Å². The van der Waals surface area contributed by atoms with Gasteiger partial charge in [-0.05, 0) is 37.3 Å². The van der Waals surface area contributed by atoms with Gasteiger partial charge in [-0.15, -0.1) is 0 Å². The fourth-order valence-corrected chi connectivity index (χ4v) is 2.48. The monoisotopic (exact) mass is 303 g/mol. The molecule has 3 heterocycles. The summed E-state index contributed by atoms with van der Waals surface area (Å²) in [5.41, 5.74) is 2.76. The minimum atomic E-state index is -0.186. The molecule has 0 spiro atoms. The average molecular weight is 303 g/mol. The van der Waals surface area contributed by atoms with Crippen LogP contribution in [0.15, 0.2) is 54.9 Å². The molecule has 1 N–H and O–H groups in total. The van der Waals surface area contributed by atoms with Gasteiger partial charge in [-0.1, -0.05) is 12.1 Å². The molecule has 0 bridgehead atoms.